The topological polar surface area (TPSA) is 26.3 Å². The van der Waals surface area contributed by atoms with Crippen LogP contribution in [0.4, 0.5) is 0 Å². The van der Waals surface area contributed by atoms with Gasteiger partial charge in [-0.15, -0.1) is 0 Å². The van der Waals surface area contributed by atoms with Crippen molar-refractivity contribution in [3.63, 3.8) is 0 Å². The van der Waals surface area contributed by atoms with Crippen LogP contribution in [0.25, 0.3) is 0 Å². The van der Waals surface area contributed by atoms with Crippen LogP contribution in [0.15, 0.2) is 53.0 Å². The van der Waals surface area contributed by atoms with Crippen molar-refractivity contribution in [1.82, 2.24) is 0 Å². The van der Waals surface area contributed by atoms with Crippen LogP contribution in [0.1, 0.15) is 23.7 Å². The van der Waals surface area contributed by atoms with Crippen molar-refractivity contribution in [2.75, 3.05) is 0 Å². The van der Waals surface area contributed by atoms with Crippen molar-refractivity contribution in [3.8, 4) is 11.5 Å². The summed E-state index contributed by atoms with van der Waals surface area (Å²) in [5, 5.41) is 0. The molecule has 2 aromatic rings. The molecule has 0 aliphatic carbocycles. The van der Waals surface area contributed by atoms with Crippen LogP contribution in [-0.2, 0) is 0 Å². The predicted molar refractivity (Wildman–Crippen MR) is 75.3 cm³/mol. The number of Topliss-reactive ketones (excluding diaryl/α,β-unsaturated/α-hetero) is 1. The summed E-state index contributed by atoms with van der Waals surface area (Å²) in [6, 6.07) is 14.9. The molecule has 0 atom stereocenters. The summed E-state index contributed by atoms with van der Waals surface area (Å²) >= 11 is 3.39. The largest absolute Gasteiger partial charge is 0.457 e. The van der Waals surface area contributed by atoms with Gasteiger partial charge >= 0.3 is 0 Å². The first-order valence-corrected chi connectivity index (χ1v) is 6.55. The van der Waals surface area contributed by atoms with Gasteiger partial charge in [-0.2, -0.15) is 0 Å². The lowest BCUT2D eigenvalue weighted by atomic mass is 10.1. The van der Waals surface area contributed by atoms with Crippen LogP contribution in [0.5, 0.6) is 11.5 Å². The molecule has 0 aliphatic rings. The van der Waals surface area contributed by atoms with Gasteiger partial charge in [0.25, 0.3) is 0 Å². The number of para-hydroxylation sites is 1. The van der Waals surface area contributed by atoms with Crippen molar-refractivity contribution in [1.29, 1.82) is 0 Å². The van der Waals surface area contributed by atoms with E-state index < -0.39 is 0 Å². The highest BCUT2D eigenvalue weighted by Crippen LogP contribution is 2.27. The molecule has 3 heteroatoms. The minimum Gasteiger partial charge on any atom is -0.457 e. The van der Waals surface area contributed by atoms with E-state index in [0.717, 1.165) is 4.47 Å². The molecule has 0 saturated carbocycles. The molecule has 0 N–H and O–H groups in total. The summed E-state index contributed by atoms with van der Waals surface area (Å²) in [7, 11) is 0. The first-order valence-electron chi connectivity index (χ1n) is 5.76. The van der Waals surface area contributed by atoms with Gasteiger partial charge in [-0.25, -0.2) is 0 Å². The molecule has 0 saturated heterocycles. The fraction of sp³-hybridized carbons (Fsp3) is 0.133. The lowest BCUT2D eigenvalue weighted by Gasteiger charge is -2.09. The summed E-state index contributed by atoms with van der Waals surface area (Å²) in [6.07, 6.45) is 0.471. The molecule has 0 radical (unpaired) electrons. The van der Waals surface area contributed by atoms with Crippen LogP contribution >= 0.6 is 15.9 Å². The van der Waals surface area contributed by atoms with E-state index in [1.165, 1.54) is 0 Å². The fourth-order valence-electron chi connectivity index (χ4n) is 1.63. The fourth-order valence-corrected chi connectivity index (χ4v) is 2.01. The standard InChI is InChI=1S/C15H13BrO2/c1-2-14(17)13-8-3-4-9-15(13)18-12-7-5-6-11(16)10-12/h3-10H,2H2,1H3. The molecule has 0 aromatic heterocycles. The van der Waals surface area contributed by atoms with Gasteiger partial charge in [0.2, 0.25) is 0 Å². The van der Waals surface area contributed by atoms with Crippen molar-refractivity contribution in [2.24, 2.45) is 0 Å². The van der Waals surface area contributed by atoms with Crippen LogP contribution in [0.3, 0.4) is 0 Å². The first kappa shape index (κ1) is 12.8. The highest BCUT2D eigenvalue weighted by molar-refractivity contribution is 9.10. The summed E-state index contributed by atoms with van der Waals surface area (Å²) < 4.78 is 6.71. The van der Waals surface area contributed by atoms with Gasteiger partial charge in [0.1, 0.15) is 11.5 Å². The molecular weight excluding hydrogens is 292 g/mol. The quantitative estimate of drug-likeness (QED) is 0.756. The number of rotatable bonds is 4. The number of halogens is 1. The maximum atomic E-state index is 11.8. The number of hydrogen-bond acceptors (Lipinski definition) is 2. The SMILES string of the molecule is CCC(=O)c1ccccc1Oc1cccc(Br)c1. The third-order valence-corrected chi connectivity index (χ3v) is 3.03. The molecular formula is C15H13BrO2. The highest BCUT2D eigenvalue weighted by atomic mass is 79.9. The molecule has 2 nitrogen and oxygen atoms in total. The third kappa shape index (κ3) is 2.99. The van der Waals surface area contributed by atoms with E-state index in [2.05, 4.69) is 15.9 Å². The number of hydrogen-bond donors (Lipinski definition) is 0. The molecule has 0 heterocycles. The highest BCUT2D eigenvalue weighted by Gasteiger charge is 2.10. The minimum atomic E-state index is 0.0839. The van der Waals surface area contributed by atoms with Crippen molar-refractivity contribution >= 4 is 21.7 Å². The van der Waals surface area contributed by atoms with E-state index in [0.29, 0.717) is 23.5 Å². The molecule has 92 valence electrons. The zero-order chi connectivity index (χ0) is 13.0. The van der Waals surface area contributed by atoms with E-state index in [9.17, 15) is 4.79 Å². The van der Waals surface area contributed by atoms with Crippen molar-refractivity contribution < 1.29 is 9.53 Å². The molecule has 2 rings (SSSR count). The third-order valence-electron chi connectivity index (χ3n) is 2.53. The maximum absolute atomic E-state index is 11.8. The predicted octanol–water partition coefficient (Wildman–Crippen LogP) is 4.83. The van der Waals surface area contributed by atoms with Crippen molar-refractivity contribution in [2.45, 2.75) is 13.3 Å². The Bertz CT molecular complexity index is 564. The Morgan fingerprint density at radius 3 is 2.67 bits per heavy atom. The molecule has 18 heavy (non-hydrogen) atoms. The number of carbonyl (C=O) groups is 1. The Morgan fingerprint density at radius 2 is 1.94 bits per heavy atom. The van der Waals surface area contributed by atoms with Crippen LogP contribution in [0.2, 0.25) is 0 Å². The Morgan fingerprint density at radius 1 is 1.17 bits per heavy atom. The smallest absolute Gasteiger partial charge is 0.166 e. The second-order valence-corrected chi connectivity index (χ2v) is 4.75. The van der Waals surface area contributed by atoms with E-state index >= 15 is 0 Å². The van der Waals surface area contributed by atoms with Crippen LogP contribution in [-0.4, -0.2) is 5.78 Å². The van der Waals surface area contributed by atoms with Gasteiger partial charge in [0, 0.05) is 10.9 Å². The van der Waals surface area contributed by atoms with Gasteiger partial charge < -0.3 is 4.74 Å². The molecule has 2 aromatic carbocycles. The number of ether oxygens (including phenoxy) is 1. The van der Waals surface area contributed by atoms with Gasteiger partial charge in [-0.3, -0.25) is 4.79 Å². The van der Waals surface area contributed by atoms with E-state index in [4.69, 9.17) is 4.74 Å². The summed E-state index contributed by atoms with van der Waals surface area (Å²) in [5.41, 5.74) is 0.625. The monoisotopic (exact) mass is 304 g/mol. The Hall–Kier alpha value is -1.61. The average molecular weight is 305 g/mol. The van der Waals surface area contributed by atoms with Crippen LogP contribution < -0.4 is 4.74 Å². The van der Waals surface area contributed by atoms with E-state index in [1.807, 2.05) is 49.4 Å². The minimum absolute atomic E-state index is 0.0839. The molecule has 0 unspecified atom stereocenters. The normalized spacial score (nSPS) is 10.1. The molecule has 0 fully saturated rings. The summed E-state index contributed by atoms with van der Waals surface area (Å²) in [4.78, 5) is 11.8. The zero-order valence-corrected chi connectivity index (χ0v) is 11.6. The Kier molecular flexibility index (Phi) is 4.15. The van der Waals surface area contributed by atoms with E-state index in [1.54, 1.807) is 6.07 Å². The summed E-state index contributed by atoms with van der Waals surface area (Å²) in [6.45, 7) is 1.85. The van der Waals surface area contributed by atoms with Crippen molar-refractivity contribution in [3.05, 3.63) is 58.6 Å². The van der Waals surface area contributed by atoms with Gasteiger partial charge in [-0.05, 0) is 30.3 Å². The Balaban J connectivity index is 2.32. The number of benzene rings is 2. The maximum Gasteiger partial charge on any atom is 0.166 e. The number of ketones is 1. The second kappa shape index (κ2) is 5.83. The lowest BCUT2D eigenvalue weighted by Crippen LogP contribution is -1.99. The lowest BCUT2D eigenvalue weighted by molar-refractivity contribution is 0.0986. The Labute approximate surface area is 115 Å². The van der Waals surface area contributed by atoms with Gasteiger partial charge in [0.15, 0.2) is 5.78 Å². The first-order chi connectivity index (χ1) is 8.70. The van der Waals surface area contributed by atoms with Crippen LogP contribution in [0, 0.1) is 0 Å². The zero-order valence-electron chi connectivity index (χ0n) is 10.0. The average Bonchev–Trinajstić information content (AvgIpc) is 2.38. The van der Waals surface area contributed by atoms with Gasteiger partial charge in [0.05, 0.1) is 5.56 Å². The molecule has 0 bridgehead atoms. The molecule has 0 aliphatic heterocycles. The molecule has 0 amide bonds. The van der Waals surface area contributed by atoms with E-state index in [-0.39, 0.29) is 5.78 Å². The number of carbonyl (C=O) groups excluding carboxylic acids is 1. The summed E-state index contributed by atoms with van der Waals surface area (Å²) in [5.74, 6) is 1.39. The van der Waals surface area contributed by atoms with Gasteiger partial charge in [-0.1, -0.05) is 41.1 Å². The molecule has 0 spiro atoms. The second-order valence-electron chi connectivity index (χ2n) is 3.83.